The predicted octanol–water partition coefficient (Wildman–Crippen LogP) is 0.474. The second-order valence-electron chi connectivity index (χ2n) is 4.55. The first-order chi connectivity index (χ1) is 9.63. The molecule has 0 radical (unpaired) electrons. The molecule has 0 saturated carbocycles. The SMILES string of the molecule is COc1cnn(CCN(C)C)c1C(=O)c1ccnnc1. The molecule has 0 aliphatic rings. The normalized spacial score (nSPS) is 10.8. The van der Waals surface area contributed by atoms with Gasteiger partial charge in [-0.15, -0.1) is 0 Å². The lowest BCUT2D eigenvalue weighted by Gasteiger charge is -2.12. The average Bonchev–Trinajstić information content (AvgIpc) is 2.88. The molecule has 20 heavy (non-hydrogen) atoms. The number of hydrogen-bond donors (Lipinski definition) is 0. The third-order valence-corrected chi connectivity index (χ3v) is 2.85. The minimum atomic E-state index is -0.173. The number of carbonyl (C=O) groups excluding carboxylic acids is 1. The van der Waals surface area contributed by atoms with E-state index in [1.54, 1.807) is 16.9 Å². The maximum atomic E-state index is 12.5. The Balaban J connectivity index is 2.33. The number of ether oxygens (including phenoxy) is 1. The highest BCUT2D eigenvalue weighted by Crippen LogP contribution is 2.20. The quantitative estimate of drug-likeness (QED) is 0.714. The lowest BCUT2D eigenvalue weighted by molar-refractivity contribution is 0.102. The summed E-state index contributed by atoms with van der Waals surface area (Å²) in [7, 11) is 5.46. The molecule has 0 saturated heterocycles. The number of nitrogens with zero attached hydrogens (tertiary/aromatic N) is 5. The molecule has 2 rings (SSSR count). The molecule has 0 aliphatic carbocycles. The molecule has 0 atom stereocenters. The molecule has 2 aromatic rings. The number of ketones is 1. The molecular weight excluding hydrogens is 258 g/mol. The number of likely N-dealkylation sites (N-methyl/N-ethyl adjacent to an activating group) is 1. The fourth-order valence-electron chi connectivity index (χ4n) is 1.77. The average molecular weight is 275 g/mol. The van der Waals surface area contributed by atoms with Crippen molar-refractivity contribution in [2.75, 3.05) is 27.7 Å². The molecule has 0 amide bonds. The van der Waals surface area contributed by atoms with Gasteiger partial charge in [0.1, 0.15) is 0 Å². The Labute approximate surface area is 117 Å². The van der Waals surface area contributed by atoms with Crippen molar-refractivity contribution >= 4 is 5.78 Å². The van der Waals surface area contributed by atoms with Crippen molar-refractivity contribution in [2.24, 2.45) is 0 Å². The Hall–Kier alpha value is -2.28. The summed E-state index contributed by atoms with van der Waals surface area (Å²) >= 11 is 0. The van der Waals surface area contributed by atoms with E-state index in [9.17, 15) is 4.79 Å². The summed E-state index contributed by atoms with van der Waals surface area (Å²) < 4.78 is 6.88. The molecular formula is C13H17N5O2. The Morgan fingerprint density at radius 1 is 1.35 bits per heavy atom. The molecule has 0 N–H and O–H groups in total. The van der Waals surface area contributed by atoms with E-state index in [1.165, 1.54) is 19.5 Å². The molecule has 0 fully saturated rings. The number of hydrogen-bond acceptors (Lipinski definition) is 6. The summed E-state index contributed by atoms with van der Waals surface area (Å²) in [6.07, 6.45) is 4.48. The highest BCUT2D eigenvalue weighted by molar-refractivity contribution is 6.09. The maximum Gasteiger partial charge on any atom is 0.216 e. The van der Waals surface area contributed by atoms with Crippen LogP contribution in [0.3, 0.4) is 0 Å². The summed E-state index contributed by atoms with van der Waals surface area (Å²) in [5.41, 5.74) is 0.896. The van der Waals surface area contributed by atoms with Crippen LogP contribution in [0.1, 0.15) is 16.1 Å². The van der Waals surface area contributed by atoms with E-state index < -0.39 is 0 Å². The minimum absolute atomic E-state index is 0.173. The second-order valence-corrected chi connectivity index (χ2v) is 4.55. The largest absolute Gasteiger partial charge is 0.493 e. The molecule has 7 nitrogen and oxygen atoms in total. The molecule has 7 heteroatoms. The zero-order valence-electron chi connectivity index (χ0n) is 11.8. The Morgan fingerprint density at radius 3 is 2.75 bits per heavy atom. The third-order valence-electron chi connectivity index (χ3n) is 2.85. The number of aromatic nitrogens is 4. The standard InChI is InChI=1S/C13H17N5O2/c1-17(2)6-7-18-12(11(20-3)9-16-18)13(19)10-4-5-14-15-8-10/h4-5,8-9H,6-7H2,1-3H3. The van der Waals surface area contributed by atoms with Gasteiger partial charge in [0.05, 0.1) is 32.2 Å². The third kappa shape index (κ3) is 3.00. The van der Waals surface area contributed by atoms with Crippen molar-refractivity contribution in [3.8, 4) is 5.75 Å². The molecule has 106 valence electrons. The first-order valence-corrected chi connectivity index (χ1v) is 6.19. The van der Waals surface area contributed by atoms with Crippen LogP contribution in [-0.4, -0.2) is 58.4 Å². The number of methoxy groups -OCH3 is 1. The fraction of sp³-hybridized carbons (Fsp3) is 0.385. The van der Waals surface area contributed by atoms with Gasteiger partial charge in [0.2, 0.25) is 5.78 Å². The predicted molar refractivity (Wildman–Crippen MR) is 72.8 cm³/mol. The van der Waals surface area contributed by atoms with Crippen LogP contribution in [0, 0.1) is 0 Å². The van der Waals surface area contributed by atoms with E-state index in [2.05, 4.69) is 15.3 Å². The smallest absolute Gasteiger partial charge is 0.216 e. The zero-order valence-corrected chi connectivity index (χ0v) is 11.8. The van der Waals surface area contributed by atoms with Gasteiger partial charge in [-0.3, -0.25) is 9.48 Å². The highest BCUT2D eigenvalue weighted by Gasteiger charge is 2.21. The molecule has 2 heterocycles. The molecule has 0 aliphatic heterocycles. The maximum absolute atomic E-state index is 12.5. The van der Waals surface area contributed by atoms with Gasteiger partial charge >= 0.3 is 0 Å². The van der Waals surface area contributed by atoms with E-state index in [0.717, 1.165) is 6.54 Å². The summed E-state index contributed by atoms with van der Waals surface area (Å²) in [4.78, 5) is 14.6. The summed E-state index contributed by atoms with van der Waals surface area (Å²) in [6.45, 7) is 1.38. The lowest BCUT2D eigenvalue weighted by Crippen LogP contribution is -2.22. The molecule has 0 bridgehead atoms. The van der Waals surface area contributed by atoms with Gasteiger partial charge in [-0.2, -0.15) is 15.3 Å². The van der Waals surface area contributed by atoms with Crippen molar-refractivity contribution in [1.29, 1.82) is 0 Å². The first kappa shape index (κ1) is 14.1. The van der Waals surface area contributed by atoms with Crippen LogP contribution in [-0.2, 0) is 6.54 Å². The van der Waals surface area contributed by atoms with Crippen molar-refractivity contribution in [2.45, 2.75) is 6.54 Å². The minimum Gasteiger partial charge on any atom is -0.493 e. The van der Waals surface area contributed by atoms with E-state index in [4.69, 9.17) is 4.74 Å². The topological polar surface area (TPSA) is 73.1 Å². The van der Waals surface area contributed by atoms with Crippen molar-refractivity contribution < 1.29 is 9.53 Å². The number of carbonyl (C=O) groups is 1. The Kier molecular flexibility index (Phi) is 4.41. The van der Waals surface area contributed by atoms with Crippen LogP contribution in [0.25, 0.3) is 0 Å². The highest BCUT2D eigenvalue weighted by atomic mass is 16.5. The van der Waals surface area contributed by atoms with Crippen LogP contribution in [0.2, 0.25) is 0 Å². The first-order valence-electron chi connectivity index (χ1n) is 6.19. The molecule has 2 aromatic heterocycles. The summed E-state index contributed by atoms with van der Waals surface area (Å²) in [6, 6.07) is 1.62. The molecule has 0 spiro atoms. The van der Waals surface area contributed by atoms with Gasteiger partial charge < -0.3 is 9.64 Å². The van der Waals surface area contributed by atoms with Crippen LogP contribution in [0.5, 0.6) is 5.75 Å². The second kappa shape index (κ2) is 6.25. The number of rotatable bonds is 6. The van der Waals surface area contributed by atoms with E-state index >= 15 is 0 Å². The van der Waals surface area contributed by atoms with Crippen molar-refractivity contribution in [1.82, 2.24) is 24.9 Å². The summed E-state index contributed by atoms with van der Waals surface area (Å²) in [5.74, 6) is 0.290. The molecule has 0 unspecified atom stereocenters. The van der Waals surface area contributed by atoms with Crippen LogP contribution in [0.4, 0.5) is 0 Å². The monoisotopic (exact) mass is 275 g/mol. The van der Waals surface area contributed by atoms with Crippen LogP contribution < -0.4 is 4.74 Å². The zero-order chi connectivity index (χ0) is 14.5. The van der Waals surface area contributed by atoms with Gasteiger partial charge in [0.25, 0.3) is 0 Å². The Bertz CT molecular complexity index is 580. The van der Waals surface area contributed by atoms with E-state index in [-0.39, 0.29) is 5.78 Å². The molecule has 0 aromatic carbocycles. The van der Waals surface area contributed by atoms with Gasteiger partial charge in [-0.05, 0) is 20.2 Å². The van der Waals surface area contributed by atoms with Crippen LogP contribution >= 0.6 is 0 Å². The summed E-state index contributed by atoms with van der Waals surface area (Å²) in [5, 5.41) is 11.6. The van der Waals surface area contributed by atoms with Gasteiger partial charge in [0.15, 0.2) is 11.4 Å². The Morgan fingerprint density at radius 2 is 2.15 bits per heavy atom. The van der Waals surface area contributed by atoms with Crippen LogP contribution in [0.15, 0.2) is 24.7 Å². The van der Waals surface area contributed by atoms with Gasteiger partial charge in [0, 0.05) is 12.1 Å². The lowest BCUT2D eigenvalue weighted by atomic mass is 10.1. The van der Waals surface area contributed by atoms with Gasteiger partial charge in [-0.25, -0.2) is 0 Å². The van der Waals surface area contributed by atoms with E-state index in [1.807, 2.05) is 19.0 Å². The fourth-order valence-corrected chi connectivity index (χ4v) is 1.77. The van der Waals surface area contributed by atoms with Crippen molar-refractivity contribution in [3.63, 3.8) is 0 Å². The van der Waals surface area contributed by atoms with Gasteiger partial charge in [-0.1, -0.05) is 0 Å². The van der Waals surface area contributed by atoms with E-state index in [0.29, 0.717) is 23.6 Å². The van der Waals surface area contributed by atoms with Crippen molar-refractivity contribution in [3.05, 3.63) is 35.9 Å².